The maximum atomic E-state index is 6.39. The quantitative estimate of drug-likeness (QED) is 0.226. The molecular weight excluding hydrogens is 512 g/mol. The van der Waals surface area contributed by atoms with E-state index in [0.717, 1.165) is 54.7 Å². The standard InChI is InChI=1S/C34H20N4OS/c1-3-10-21(11-4-1)31-36-32(22-12-5-2-6-13-22)38-33(37-31)25-14-9-16-27-30(25)24-19-18-23(20-28(24)39-27)34-35-26-15-7-8-17-29(26)40-34/h1-20H. The molecule has 0 spiro atoms. The second kappa shape index (κ2) is 9.22. The predicted octanol–water partition coefficient (Wildman–Crippen LogP) is 9.05. The number of fused-ring (bicyclic) bond motifs is 4. The Morgan fingerprint density at radius 2 is 1.18 bits per heavy atom. The van der Waals surface area contributed by atoms with Crippen LogP contribution < -0.4 is 0 Å². The van der Waals surface area contributed by atoms with E-state index in [1.165, 1.54) is 4.70 Å². The third-order valence-corrected chi connectivity index (χ3v) is 8.06. The van der Waals surface area contributed by atoms with Crippen LogP contribution in [0.3, 0.4) is 0 Å². The summed E-state index contributed by atoms with van der Waals surface area (Å²) in [6.45, 7) is 0. The van der Waals surface area contributed by atoms with Crippen LogP contribution in [0.4, 0.5) is 0 Å². The molecule has 3 heterocycles. The molecule has 8 rings (SSSR count). The molecule has 0 aliphatic heterocycles. The maximum absolute atomic E-state index is 6.39. The van der Waals surface area contributed by atoms with Gasteiger partial charge in [-0.15, -0.1) is 11.3 Å². The Morgan fingerprint density at radius 3 is 1.90 bits per heavy atom. The van der Waals surface area contributed by atoms with Crippen molar-refractivity contribution >= 4 is 43.5 Å². The van der Waals surface area contributed by atoms with Crippen LogP contribution in [0.2, 0.25) is 0 Å². The van der Waals surface area contributed by atoms with Gasteiger partial charge in [0.05, 0.1) is 10.2 Å². The SMILES string of the molecule is c1ccc(-c2nc(-c3ccccc3)nc(-c3cccc4oc5cc(-c6nc7ccccc7s6)ccc5c34)n2)cc1. The molecule has 0 saturated carbocycles. The smallest absolute Gasteiger partial charge is 0.164 e. The summed E-state index contributed by atoms with van der Waals surface area (Å²) in [7, 11) is 0. The molecule has 5 nitrogen and oxygen atoms in total. The van der Waals surface area contributed by atoms with E-state index in [4.69, 9.17) is 24.4 Å². The molecule has 0 N–H and O–H groups in total. The van der Waals surface area contributed by atoms with Gasteiger partial charge in [0.25, 0.3) is 0 Å². The highest BCUT2D eigenvalue weighted by molar-refractivity contribution is 7.21. The first-order valence-corrected chi connectivity index (χ1v) is 13.8. The third-order valence-electron chi connectivity index (χ3n) is 6.98. The first-order valence-electron chi connectivity index (χ1n) is 13.0. The fourth-order valence-electron chi connectivity index (χ4n) is 5.07. The van der Waals surface area contributed by atoms with Crippen molar-refractivity contribution in [3.63, 3.8) is 0 Å². The molecule has 6 heteroatoms. The maximum Gasteiger partial charge on any atom is 0.164 e. The van der Waals surface area contributed by atoms with Crippen molar-refractivity contribution in [1.82, 2.24) is 19.9 Å². The molecule has 0 unspecified atom stereocenters. The Labute approximate surface area is 233 Å². The zero-order valence-corrected chi connectivity index (χ0v) is 22.0. The van der Waals surface area contributed by atoms with E-state index in [2.05, 4.69) is 30.3 Å². The van der Waals surface area contributed by atoms with Crippen LogP contribution in [-0.2, 0) is 0 Å². The number of benzene rings is 5. The summed E-state index contributed by atoms with van der Waals surface area (Å²) < 4.78 is 7.56. The zero-order chi connectivity index (χ0) is 26.5. The van der Waals surface area contributed by atoms with Crippen molar-refractivity contribution in [1.29, 1.82) is 0 Å². The van der Waals surface area contributed by atoms with Crippen LogP contribution >= 0.6 is 11.3 Å². The Hall–Kier alpha value is -5.20. The van der Waals surface area contributed by atoms with Gasteiger partial charge in [-0.3, -0.25) is 0 Å². The van der Waals surface area contributed by atoms with Gasteiger partial charge in [-0.05, 0) is 30.3 Å². The minimum absolute atomic E-state index is 0.608. The van der Waals surface area contributed by atoms with Crippen LogP contribution in [0.1, 0.15) is 0 Å². The van der Waals surface area contributed by atoms with Gasteiger partial charge in [0, 0.05) is 33.0 Å². The van der Waals surface area contributed by atoms with Crippen LogP contribution in [0.25, 0.3) is 76.9 Å². The van der Waals surface area contributed by atoms with E-state index >= 15 is 0 Å². The number of nitrogens with zero attached hydrogens (tertiary/aromatic N) is 4. The molecule has 0 aliphatic carbocycles. The second-order valence-corrected chi connectivity index (χ2v) is 10.5. The molecule has 0 bridgehead atoms. The lowest BCUT2D eigenvalue weighted by molar-refractivity contribution is 0.669. The van der Waals surface area contributed by atoms with Gasteiger partial charge >= 0.3 is 0 Å². The molecule has 0 amide bonds. The highest BCUT2D eigenvalue weighted by Crippen LogP contribution is 2.39. The summed E-state index contributed by atoms with van der Waals surface area (Å²) in [5.74, 6) is 1.87. The molecule has 0 aliphatic rings. The third kappa shape index (κ3) is 3.85. The van der Waals surface area contributed by atoms with Crippen LogP contribution in [0.5, 0.6) is 0 Å². The molecule has 188 valence electrons. The van der Waals surface area contributed by atoms with Crippen molar-refractivity contribution in [2.45, 2.75) is 0 Å². The average molecular weight is 533 g/mol. The van der Waals surface area contributed by atoms with E-state index in [9.17, 15) is 0 Å². The molecule has 0 saturated heterocycles. The summed E-state index contributed by atoms with van der Waals surface area (Å²) in [6, 6.07) is 40.6. The van der Waals surface area contributed by atoms with Crippen LogP contribution in [0, 0.1) is 0 Å². The Balaban J connectivity index is 1.32. The molecule has 0 atom stereocenters. The predicted molar refractivity (Wildman–Crippen MR) is 162 cm³/mol. The van der Waals surface area contributed by atoms with Crippen molar-refractivity contribution < 1.29 is 4.42 Å². The summed E-state index contributed by atoms with van der Waals surface area (Å²) in [4.78, 5) is 19.6. The summed E-state index contributed by atoms with van der Waals surface area (Å²) >= 11 is 1.69. The lowest BCUT2D eigenvalue weighted by atomic mass is 10.0. The van der Waals surface area contributed by atoms with Crippen molar-refractivity contribution in [3.8, 4) is 44.7 Å². The van der Waals surface area contributed by atoms with E-state index in [0.29, 0.717) is 17.5 Å². The molecule has 0 radical (unpaired) electrons. The minimum atomic E-state index is 0.608. The number of hydrogen-bond acceptors (Lipinski definition) is 6. The number of aromatic nitrogens is 4. The van der Waals surface area contributed by atoms with Crippen molar-refractivity contribution in [2.75, 3.05) is 0 Å². The van der Waals surface area contributed by atoms with Crippen molar-refractivity contribution in [2.24, 2.45) is 0 Å². The number of hydrogen-bond donors (Lipinski definition) is 0. The first kappa shape index (κ1) is 22.8. The minimum Gasteiger partial charge on any atom is -0.456 e. The largest absolute Gasteiger partial charge is 0.456 e. The average Bonchev–Trinajstić information content (AvgIpc) is 3.63. The molecular formula is C34H20N4OS. The van der Waals surface area contributed by atoms with Gasteiger partial charge < -0.3 is 4.42 Å². The molecule has 5 aromatic carbocycles. The highest BCUT2D eigenvalue weighted by Gasteiger charge is 2.18. The number of thiazole rings is 1. The monoisotopic (exact) mass is 532 g/mol. The van der Waals surface area contributed by atoms with Crippen LogP contribution in [0.15, 0.2) is 126 Å². The second-order valence-electron chi connectivity index (χ2n) is 9.52. The van der Waals surface area contributed by atoms with E-state index in [1.54, 1.807) is 11.3 Å². The summed E-state index contributed by atoms with van der Waals surface area (Å²) in [5, 5.41) is 2.97. The van der Waals surface area contributed by atoms with Gasteiger partial charge in [-0.1, -0.05) is 91.0 Å². The van der Waals surface area contributed by atoms with Gasteiger partial charge in [-0.25, -0.2) is 19.9 Å². The summed E-state index contributed by atoms with van der Waals surface area (Å²) in [5.41, 5.74) is 6.42. The first-order chi connectivity index (χ1) is 19.8. The molecule has 0 fully saturated rings. The Morgan fingerprint density at radius 1 is 0.500 bits per heavy atom. The molecule has 3 aromatic heterocycles. The van der Waals surface area contributed by atoms with Crippen molar-refractivity contribution in [3.05, 3.63) is 121 Å². The molecule has 8 aromatic rings. The van der Waals surface area contributed by atoms with Crippen LogP contribution in [-0.4, -0.2) is 19.9 Å². The topological polar surface area (TPSA) is 64.7 Å². The zero-order valence-electron chi connectivity index (χ0n) is 21.2. The number of para-hydroxylation sites is 1. The van der Waals surface area contributed by atoms with E-state index in [1.807, 2.05) is 91.0 Å². The fourth-order valence-corrected chi connectivity index (χ4v) is 6.03. The molecule has 40 heavy (non-hydrogen) atoms. The van der Waals surface area contributed by atoms with Gasteiger partial charge in [-0.2, -0.15) is 0 Å². The van der Waals surface area contributed by atoms with Gasteiger partial charge in [0.1, 0.15) is 16.2 Å². The van der Waals surface area contributed by atoms with Gasteiger partial charge in [0.15, 0.2) is 17.5 Å². The lowest BCUT2D eigenvalue weighted by Crippen LogP contribution is -2.00. The van der Waals surface area contributed by atoms with E-state index < -0.39 is 0 Å². The normalized spacial score (nSPS) is 11.5. The lowest BCUT2D eigenvalue weighted by Gasteiger charge is -2.09. The number of rotatable bonds is 4. The van der Waals surface area contributed by atoms with E-state index in [-0.39, 0.29) is 0 Å². The fraction of sp³-hybridized carbons (Fsp3) is 0. The Bertz CT molecular complexity index is 2080. The highest BCUT2D eigenvalue weighted by atomic mass is 32.1. The summed E-state index contributed by atoms with van der Waals surface area (Å²) in [6.07, 6.45) is 0. The Kier molecular flexibility index (Phi) is 5.24. The number of furan rings is 1. The van der Waals surface area contributed by atoms with Gasteiger partial charge in [0.2, 0.25) is 0 Å².